The number of hydrogen-bond donors (Lipinski definition) is 0. The zero-order valence-electron chi connectivity index (χ0n) is 8.53. The molecule has 0 aromatic rings. The summed E-state index contributed by atoms with van der Waals surface area (Å²) in [6.07, 6.45) is 2.11. The van der Waals surface area contributed by atoms with E-state index < -0.39 is 10.0 Å². The molecule has 1 unspecified atom stereocenters. The van der Waals surface area contributed by atoms with Gasteiger partial charge >= 0.3 is 0 Å². The van der Waals surface area contributed by atoms with Gasteiger partial charge in [-0.25, -0.2) is 12.7 Å². The summed E-state index contributed by atoms with van der Waals surface area (Å²) in [4.78, 5) is 0. The van der Waals surface area contributed by atoms with Crippen LogP contribution in [0, 0.1) is 5.92 Å². The van der Waals surface area contributed by atoms with Gasteiger partial charge in [-0.1, -0.05) is 20.8 Å². The number of nitrogens with zero attached hydrogens (tertiary/aromatic N) is 1. The molecule has 0 saturated carbocycles. The summed E-state index contributed by atoms with van der Waals surface area (Å²) in [5.41, 5.74) is 0. The monoisotopic (exact) mass is 193 g/mol. The first kappa shape index (κ1) is 11.9. The van der Waals surface area contributed by atoms with E-state index >= 15 is 0 Å². The van der Waals surface area contributed by atoms with Crippen LogP contribution >= 0.6 is 0 Å². The largest absolute Gasteiger partial charge is 0.213 e. The second kappa shape index (κ2) is 4.23. The highest BCUT2D eigenvalue weighted by Gasteiger charge is 2.23. The van der Waals surface area contributed by atoms with Crippen molar-refractivity contribution in [3.8, 4) is 0 Å². The summed E-state index contributed by atoms with van der Waals surface area (Å²) in [6, 6.07) is 0.125. The molecule has 0 radical (unpaired) electrons. The van der Waals surface area contributed by atoms with Crippen molar-refractivity contribution in [2.24, 2.45) is 5.92 Å². The Labute approximate surface area is 75.8 Å². The van der Waals surface area contributed by atoms with Gasteiger partial charge in [0.25, 0.3) is 0 Å². The van der Waals surface area contributed by atoms with Gasteiger partial charge in [-0.15, -0.1) is 0 Å². The van der Waals surface area contributed by atoms with Crippen molar-refractivity contribution in [3.05, 3.63) is 0 Å². The standard InChI is InChI=1S/C8H19NO2S/c1-6-8(7(2)3)9(4)12(5,10)11/h7-8H,6H2,1-5H3. The average Bonchev–Trinajstić information content (AvgIpc) is 1.86. The molecular weight excluding hydrogens is 174 g/mol. The molecule has 12 heavy (non-hydrogen) atoms. The Kier molecular flexibility index (Phi) is 4.20. The van der Waals surface area contributed by atoms with E-state index in [1.54, 1.807) is 7.05 Å². The van der Waals surface area contributed by atoms with E-state index in [-0.39, 0.29) is 6.04 Å². The molecule has 0 N–H and O–H groups in total. The third kappa shape index (κ3) is 3.11. The molecule has 3 nitrogen and oxygen atoms in total. The minimum atomic E-state index is -3.03. The fourth-order valence-corrected chi connectivity index (χ4v) is 2.28. The van der Waals surface area contributed by atoms with Crippen molar-refractivity contribution in [2.45, 2.75) is 33.2 Å². The van der Waals surface area contributed by atoms with Gasteiger partial charge in [-0.05, 0) is 12.3 Å². The molecular formula is C8H19NO2S. The number of rotatable bonds is 4. The van der Waals surface area contributed by atoms with Crippen molar-refractivity contribution in [1.82, 2.24) is 4.31 Å². The van der Waals surface area contributed by atoms with Crippen LogP contribution in [0.5, 0.6) is 0 Å². The third-order valence-corrected chi connectivity index (χ3v) is 3.50. The van der Waals surface area contributed by atoms with E-state index in [0.717, 1.165) is 6.42 Å². The maximum atomic E-state index is 11.2. The van der Waals surface area contributed by atoms with Crippen LogP contribution in [0.25, 0.3) is 0 Å². The van der Waals surface area contributed by atoms with Crippen LogP contribution in [0.2, 0.25) is 0 Å². The molecule has 0 amide bonds. The topological polar surface area (TPSA) is 37.4 Å². The maximum absolute atomic E-state index is 11.2. The predicted octanol–water partition coefficient (Wildman–Crippen LogP) is 1.31. The lowest BCUT2D eigenvalue weighted by Gasteiger charge is -2.28. The Morgan fingerprint density at radius 1 is 1.33 bits per heavy atom. The number of sulfonamides is 1. The van der Waals surface area contributed by atoms with Crippen molar-refractivity contribution >= 4 is 10.0 Å². The van der Waals surface area contributed by atoms with Gasteiger partial charge in [-0.3, -0.25) is 0 Å². The fourth-order valence-electron chi connectivity index (χ4n) is 1.39. The summed E-state index contributed by atoms with van der Waals surface area (Å²) in [7, 11) is -1.38. The molecule has 0 saturated heterocycles. The Bertz CT molecular complexity index is 221. The second-order valence-corrected chi connectivity index (χ2v) is 5.54. The van der Waals surface area contributed by atoms with E-state index in [4.69, 9.17) is 0 Å². The highest BCUT2D eigenvalue weighted by atomic mass is 32.2. The van der Waals surface area contributed by atoms with Gasteiger partial charge in [0.15, 0.2) is 0 Å². The average molecular weight is 193 g/mol. The third-order valence-electron chi connectivity index (χ3n) is 2.18. The molecule has 1 atom stereocenters. The molecule has 74 valence electrons. The summed E-state index contributed by atoms with van der Waals surface area (Å²) in [5, 5.41) is 0. The van der Waals surface area contributed by atoms with Crippen molar-refractivity contribution in [3.63, 3.8) is 0 Å². The Morgan fingerprint density at radius 2 is 1.75 bits per heavy atom. The van der Waals surface area contributed by atoms with Crippen LogP contribution in [0.4, 0.5) is 0 Å². The van der Waals surface area contributed by atoms with Gasteiger partial charge in [0.05, 0.1) is 6.26 Å². The molecule has 0 aliphatic rings. The van der Waals surface area contributed by atoms with Crippen molar-refractivity contribution in [1.29, 1.82) is 0 Å². The van der Waals surface area contributed by atoms with Gasteiger partial charge in [0.1, 0.15) is 0 Å². The Morgan fingerprint density at radius 3 is 1.83 bits per heavy atom. The maximum Gasteiger partial charge on any atom is 0.211 e. The highest BCUT2D eigenvalue weighted by molar-refractivity contribution is 7.88. The van der Waals surface area contributed by atoms with Crippen LogP contribution in [0.3, 0.4) is 0 Å². The highest BCUT2D eigenvalue weighted by Crippen LogP contribution is 2.14. The van der Waals surface area contributed by atoms with Crippen LogP contribution in [-0.4, -0.2) is 32.1 Å². The van der Waals surface area contributed by atoms with E-state index in [2.05, 4.69) is 0 Å². The van der Waals surface area contributed by atoms with Gasteiger partial charge in [0.2, 0.25) is 10.0 Å². The first-order valence-corrected chi connectivity index (χ1v) is 6.08. The van der Waals surface area contributed by atoms with Crippen molar-refractivity contribution in [2.75, 3.05) is 13.3 Å². The molecule has 0 fully saturated rings. The minimum Gasteiger partial charge on any atom is -0.213 e. The van der Waals surface area contributed by atoms with Gasteiger partial charge < -0.3 is 0 Å². The molecule has 0 aromatic heterocycles. The minimum absolute atomic E-state index is 0.125. The quantitative estimate of drug-likeness (QED) is 0.675. The van der Waals surface area contributed by atoms with E-state index in [0.29, 0.717) is 5.92 Å². The zero-order chi connectivity index (χ0) is 9.94. The fraction of sp³-hybridized carbons (Fsp3) is 1.00. The lowest BCUT2D eigenvalue weighted by Crippen LogP contribution is -2.39. The molecule has 0 aliphatic carbocycles. The van der Waals surface area contributed by atoms with E-state index in [1.165, 1.54) is 10.6 Å². The molecule has 0 heterocycles. The molecule has 0 bridgehead atoms. The summed E-state index contributed by atoms with van der Waals surface area (Å²) in [6.45, 7) is 6.08. The summed E-state index contributed by atoms with van der Waals surface area (Å²) in [5.74, 6) is 0.370. The Hall–Kier alpha value is -0.0900. The summed E-state index contributed by atoms with van der Waals surface area (Å²) >= 11 is 0. The van der Waals surface area contributed by atoms with Crippen LogP contribution in [0.1, 0.15) is 27.2 Å². The smallest absolute Gasteiger partial charge is 0.211 e. The lowest BCUT2D eigenvalue weighted by atomic mass is 10.0. The lowest BCUT2D eigenvalue weighted by molar-refractivity contribution is 0.288. The zero-order valence-corrected chi connectivity index (χ0v) is 9.35. The van der Waals surface area contributed by atoms with E-state index in [9.17, 15) is 8.42 Å². The van der Waals surface area contributed by atoms with Crippen LogP contribution < -0.4 is 0 Å². The van der Waals surface area contributed by atoms with Gasteiger partial charge in [-0.2, -0.15) is 0 Å². The normalized spacial score (nSPS) is 15.6. The molecule has 0 spiro atoms. The molecule has 0 aliphatic heterocycles. The van der Waals surface area contributed by atoms with Gasteiger partial charge in [0, 0.05) is 13.1 Å². The first-order chi connectivity index (χ1) is 5.30. The molecule has 4 heteroatoms. The van der Waals surface area contributed by atoms with Crippen LogP contribution in [0.15, 0.2) is 0 Å². The van der Waals surface area contributed by atoms with E-state index in [1.807, 2.05) is 20.8 Å². The van der Waals surface area contributed by atoms with Crippen LogP contribution in [-0.2, 0) is 10.0 Å². The second-order valence-electron chi connectivity index (χ2n) is 3.50. The van der Waals surface area contributed by atoms with Crippen molar-refractivity contribution < 1.29 is 8.42 Å². The Balaban J connectivity index is 4.54. The summed E-state index contributed by atoms with van der Waals surface area (Å²) < 4.78 is 23.8. The predicted molar refractivity (Wildman–Crippen MR) is 51.5 cm³/mol. The molecule has 0 rings (SSSR count). The first-order valence-electron chi connectivity index (χ1n) is 4.23. The molecule has 0 aromatic carbocycles. The number of hydrogen-bond acceptors (Lipinski definition) is 2. The SMILES string of the molecule is CCC(C(C)C)N(C)S(C)(=O)=O.